The van der Waals surface area contributed by atoms with E-state index >= 15 is 0 Å². The number of nitrogens with zero attached hydrogens (tertiary/aromatic N) is 2. The Labute approximate surface area is 111 Å². The maximum Gasteiger partial charge on any atom is 0.243 e. The van der Waals surface area contributed by atoms with Gasteiger partial charge in [-0.1, -0.05) is 0 Å². The van der Waals surface area contributed by atoms with Crippen LogP contribution in [0.3, 0.4) is 0 Å². The van der Waals surface area contributed by atoms with Crippen LogP contribution in [0.4, 0.5) is 5.69 Å². The molecule has 2 rings (SSSR count). The number of hydrogen-bond acceptors (Lipinski definition) is 4. The minimum Gasteiger partial charge on any atom is -0.383 e. The molecule has 102 valence electrons. The summed E-state index contributed by atoms with van der Waals surface area (Å²) in [5.41, 5.74) is 7.36. The van der Waals surface area contributed by atoms with Gasteiger partial charge in [0.25, 0.3) is 0 Å². The number of methoxy groups -OCH3 is 1. The van der Waals surface area contributed by atoms with Crippen molar-refractivity contribution in [2.75, 3.05) is 19.0 Å². The van der Waals surface area contributed by atoms with E-state index in [1.54, 1.807) is 6.20 Å². The van der Waals surface area contributed by atoms with Crippen LogP contribution in [0.1, 0.15) is 6.92 Å². The van der Waals surface area contributed by atoms with Gasteiger partial charge in [0.1, 0.15) is 6.04 Å². The highest BCUT2D eigenvalue weighted by atomic mass is 16.5. The molecule has 0 saturated heterocycles. The molecule has 0 radical (unpaired) electrons. The van der Waals surface area contributed by atoms with Crippen molar-refractivity contribution < 1.29 is 9.53 Å². The van der Waals surface area contributed by atoms with Crippen LogP contribution < -0.4 is 11.1 Å². The monoisotopic (exact) mass is 262 g/mol. The molecule has 1 aromatic carbocycles. The van der Waals surface area contributed by atoms with E-state index < -0.39 is 6.04 Å². The lowest BCUT2D eigenvalue weighted by atomic mass is 10.2. The molecule has 19 heavy (non-hydrogen) atoms. The van der Waals surface area contributed by atoms with Gasteiger partial charge in [0.05, 0.1) is 18.3 Å². The number of ether oxygens (including phenoxy) is 1. The Kier molecular flexibility index (Phi) is 4.13. The first-order valence-electron chi connectivity index (χ1n) is 6.16. The number of carbonyl (C=O) groups is 1. The van der Waals surface area contributed by atoms with Gasteiger partial charge in [0.15, 0.2) is 0 Å². The van der Waals surface area contributed by atoms with Gasteiger partial charge < -0.3 is 15.8 Å². The van der Waals surface area contributed by atoms with E-state index in [4.69, 9.17) is 10.5 Å². The minimum atomic E-state index is -0.670. The number of anilines is 1. The third kappa shape index (κ3) is 2.91. The van der Waals surface area contributed by atoms with Crippen LogP contribution >= 0.6 is 0 Å². The first-order chi connectivity index (χ1) is 9.15. The number of fused-ring (bicyclic) bond motifs is 1. The van der Waals surface area contributed by atoms with Crippen LogP contribution in [0.2, 0.25) is 0 Å². The number of aryl methyl sites for hydroxylation is 1. The average Bonchev–Trinajstić information content (AvgIpc) is 2.81. The Morgan fingerprint density at radius 2 is 2.37 bits per heavy atom. The molecule has 2 aromatic rings. The number of rotatable bonds is 5. The number of carbonyl (C=O) groups excluding carboxylic acids is 1. The normalized spacial score (nSPS) is 12.6. The molecule has 0 bridgehead atoms. The Hall–Kier alpha value is -1.92. The van der Waals surface area contributed by atoms with E-state index in [1.807, 2.05) is 29.8 Å². The highest BCUT2D eigenvalue weighted by molar-refractivity contribution is 5.96. The molecule has 0 aliphatic rings. The number of hydrogen-bond donors (Lipinski definition) is 2. The predicted molar refractivity (Wildman–Crippen MR) is 73.9 cm³/mol. The molecule has 6 heteroatoms. The molecule has 1 heterocycles. The van der Waals surface area contributed by atoms with Gasteiger partial charge in [-0.05, 0) is 25.1 Å². The molecule has 0 saturated carbocycles. The summed E-state index contributed by atoms with van der Waals surface area (Å²) >= 11 is 0. The SMILES string of the molecule is CCn1ncc2ccc(NC(=O)C(N)COC)cc21. The van der Waals surface area contributed by atoms with Crippen LogP contribution in [0.15, 0.2) is 24.4 Å². The van der Waals surface area contributed by atoms with E-state index in [0.717, 1.165) is 17.4 Å². The number of amides is 1. The standard InChI is InChI=1S/C13H18N4O2/c1-3-17-12-6-10(5-4-9(12)7-15-17)16-13(18)11(14)8-19-2/h4-7,11H,3,8,14H2,1-2H3,(H,16,18). The summed E-state index contributed by atoms with van der Waals surface area (Å²) in [6.07, 6.45) is 1.81. The van der Waals surface area contributed by atoms with Crippen molar-refractivity contribution in [1.82, 2.24) is 9.78 Å². The maximum atomic E-state index is 11.8. The molecule has 1 aromatic heterocycles. The number of nitrogens with one attached hydrogen (secondary N) is 1. The van der Waals surface area contributed by atoms with Crippen molar-refractivity contribution in [2.45, 2.75) is 19.5 Å². The summed E-state index contributed by atoms with van der Waals surface area (Å²) in [6, 6.07) is 4.98. The van der Waals surface area contributed by atoms with Crippen molar-refractivity contribution in [1.29, 1.82) is 0 Å². The lowest BCUT2D eigenvalue weighted by molar-refractivity contribution is -0.118. The number of aromatic nitrogens is 2. The molecular weight excluding hydrogens is 244 g/mol. The average molecular weight is 262 g/mol. The van der Waals surface area contributed by atoms with Crippen molar-refractivity contribution in [3.63, 3.8) is 0 Å². The van der Waals surface area contributed by atoms with Crippen molar-refractivity contribution >= 4 is 22.5 Å². The molecule has 1 atom stereocenters. The summed E-state index contributed by atoms with van der Waals surface area (Å²) in [4.78, 5) is 11.8. The fourth-order valence-electron chi connectivity index (χ4n) is 1.89. The summed E-state index contributed by atoms with van der Waals surface area (Å²) < 4.78 is 6.73. The van der Waals surface area contributed by atoms with Gasteiger partial charge >= 0.3 is 0 Å². The summed E-state index contributed by atoms with van der Waals surface area (Å²) in [5.74, 6) is -0.260. The van der Waals surface area contributed by atoms with Crippen LogP contribution in [0.25, 0.3) is 10.9 Å². The quantitative estimate of drug-likeness (QED) is 0.841. The van der Waals surface area contributed by atoms with Gasteiger partial charge in [-0.25, -0.2) is 0 Å². The van der Waals surface area contributed by atoms with Crippen molar-refractivity contribution in [3.8, 4) is 0 Å². The summed E-state index contributed by atoms with van der Waals surface area (Å²) in [6.45, 7) is 3.00. The third-order valence-corrected chi connectivity index (χ3v) is 2.89. The van der Waals surface area contributed by atoms with Gasteiger partial charge in [0, 0.05) is 24.7 Å². The van der Waals surface area contributed by atoms with E-state index in [9.17, 15) is 4.79 Å². The first-order valence-corrected chi connectivity index (χ1v) is 6.16. The Morgan fingerprint density at radius 1 is 1.58 bits per heavy atom. The highest BCUT2D eigenvalue weighted by Gasteiger charge is 2.13. The number of nitrogens with two attached hydrogens (primary N) is 1. The van der Waals surface area contributed by atoms with Crippen LogP contribution in [0, 0.1) is 0 Å². The Balaban J connectivity index is 2.19. The van der Waals surface area contributed by atoms with Gasteiger partial charge in [-0.2, -0.15) is 5.10 Å². The second-order valence-corrected chi connectivity index (χ2v) is 4.29. The summed E-state index contributed by atoms with van der Waals surface area (Å²) in [7, 11) is 1.51. The van der Waals surface area contributed by atoms with Gasteiger partial charge in [-0.3, -0.25) is 9.48 Å². The van der Waals surface area contributed by atoms with Crippen molar-refractivity contribution in [3.05, 3.63) is 24.4 Å². The van der Waals surface area contributed by atoms with E-state index in [-0.39, 0.29) is 12.5 Å². The van der Waals surface area contributed by atoms with Crippen LogP contribution in [0.5, 0.6) is 0 Å². The van der Waals surface area contributed by atoms with E-state index in [2.05, 4.69) is 10.4 Å². The minimum absolute atomic E-state index is 0.195. The maximum absolute atomic E-state index is 11.8. The second-order valence-electron chi connectivity index (χ2n) is 4.29. The van der Waals surface area contributed by atoms with E-state index in [0.29, 0.717) is 5.69 Å². The van der Waals surface area contributed by atoms with Gasteiger partial charge in [0.2, 0.25) is 5.91 Å². The molecule has 0 aliphatic carbocycles. The molecule has 0 aliphatic heterocycles. The molecule has 0 spiro atoms. The van der Waals surface area contributed by atoms with Crippen LogP contribution in [-0.2, 0) is 16.1 Å². The molecule has 1 amide bonds. The zero-order chi connectivity index (χ0) is 13.8. The smallest absolute Gasteiger partial charge is 0.243 e. The molecule has 3 N–H and O–H groups in total. The van der Waals surface area contributed by atoms with Crippen LogP contribution in [-0.4, -0.2) is 35.4 Å². The third-order valence-electron chi connectivity index (χ3n) is 2.89. The number of benzene rings is 1. The Morgan fingerprint density at radius 3 is 3.05 bits per heavy atom. The highest BCUT2D eigenvalue weighted by Crippen LogP contribution is 2.19. The lowest BCUT2D eigenvalue weighted by Gasteiger charge is -2.11. The first kappa shape index (κ1) is 13.5. The van der Waals surface area contributed by atoms with E-state index in [1.165, 1.54) is 7.11 Å². The topological polar surface area (TPSA) is 82.2 Å². The second kappa shape index (κ2) is 5.81. The zero-order valence-electron chi connectivity index (χ0n) is 11.1. The lowest BCUT2D eigenvalue weighted by Crippen LogP contribution is -2.39. The fourth-order valence-corrected chi connectivity index (χ4v) is 1.89. The zero-order valence-corrected chi connectivity index (χ0v) is 11.1. The fraction of sp³-hybridized carbons (Fsp3) is 0.385. The molecular formula is C13H18N4O2. The largest absolute Gasteiger partial charge is 0.383 e. The summed E-state index contributed by atoms with van der Waals surface area (Å²) in [5, 5.41) is 8.08. The predicted octanol–water partition coefficient (Wildman–Crippen LogP) is 0.968. The molecule has 6 nitrogen and oxygen atoms in total. The molecule has 1 unspecified atom stereocenters. The Bertz CT molecular complexity index is 579. The molecule has 0 fully saturated rings. The van der Waals surface area contributed by atoms with Gasteiger partial charge in [-0.15, -0.1) is 0 Å². The van der Waals surface area contributed by atoms with Crippen molar-refractivity contribution in [2.24, 2.45) is 5.73 Å².